The lowest BCUT2D eigenvalue weighted by Gasteiger charge is -2.25. The van der Waals surface area contributed by atoms with Gasteiger partial charge in [-0.1, -0.05) is 36.4 Å². The van der Waals surface area contributed by atoms with Crippen LogP contribution >= 0.6 is 0 Å². The van der Waals surface area contributed by atoms with Crippen molar-refractivity contribution in [3.8, 4) is 0 Å². The second kappa shape index (κ2) is 7.46. The van der Waals surface area contributed by atoms with Gasteiger partial charge < -0.3 is 10.1 Å². The maximum atomic E-state index is 14.9. The van der Waals surface area contributed by atoms with Crippen LogP contribution < -0.4 is 4.90 Å². The van der Waals surface area contributed by atoms with Gasteiger partial charge in [0.2, 0.25) is 0 Å². The molecule has 1 amide bonds. The number of carbonyl (C=O) groups is 2. The molecule has 1 aliphatic rings. The van der Waals surface area contributed by atoms with Gasteiger partial charge in [-0.05, 0) is 36.4 Å². The lowest BCUT2D eigenvalue weighted by Crippen LogP contribution is -2.29. The molecule has 1 unspecified atom stereocenters. The third-order valence-corrected chi connectivity index (χ3v) is 5.59. The summed E-state index contributed by atoms with van der Waals surface area (Å²) in [6.45, 7) is 0. The molecule has 0 spiro atoms. The van der Waals surface area contributed by atoms with Gasteiger partial charge in [0.1, 0.15) is 17.4 Å². The highest BCUT2D eigenvalue weighted by Crippen LogP contribution is 2.43. The van der Waals surface area contributed by atoms with Crippen molar-refractivity contribution in [1.82, 2.24) is 4.98 Å². The van der Waals surface area contributed by atoms with E-state index in [1.807, 2.05) is 6.07 Å². The molecule has 32 heavy (non-hydrogen) atoms. The number of fused-ring (bicyclic) bond motifs is 1. The summed E-state index contributed by atoms with van der Waals surface area (Å²) in [5.41, 5.74) is 1.05. The minimum Gasteiger partial charge on any atom is -0.507 e. The number of amides is 1. The van der Waals surface area contributed by atoms with Crippen molar-refractivity contribution in [2.24, 2.45) is 0 Å². The molecule has 5 rings (SSSR count). The lowest BCUT2D eigenvalue weighted by molar-refractivity contribution is -0.132. The van der Waals surface area contributed by atoms with Crippen molar-refractivity contribution >= 4 is 34.0 Å². The lowest BCUT2D eigenvalue weighted by atomic mass is 9.94. The van der Waals surface area contributed by atoms with Crippen LogP contribution in [-0.4, -0.2) is 21.8 Å². The Morgan fingerprint density at radius 1 is 0.906 bits per heavy atom. The normalized spacial score (nSPS) is 17.9. The molecule has 0 saturated carbocycles. The molecule has 2 heterocycles. The molecule has 1 atom stereocenters. The summed E-state index contributed by atoms with van der Waals surface area (Å²) >= 11 is 0. The van der Waals surface area contributed by atoms with E-state index in [4.69, 9.17) is 0 Å². The Balaban J connectivity index is 1.78. The predicted molar refractivity (Wildman–Crippen MR) is 116 cm³/mol. The van der Waals surface area contributed by atoms with E-state index in [9.17, 15) is 23.5 Å². The molecule has 0 aliphatic carbocycles. The standard InChI is InChI=1S/C25H16F2N2O3/c26-14-9-11-15(12-10-14)29-22(17-6-1-3-7-19(17)27)21(24(31)25(29)32)23(30)18-13-28-20-8-4-2-5-16(18)20/h1-13,22,28,30H/b23-21+. The van der Waals surface area contributed by atoms with Crippen LogP contribution in [0.4, 0.5) is 14.5 Å². The van der Waals surface area contributed by atoms with Crippen LogP contribution in [0.1, 0.15) is 17.2 Å². The number of anilines is 1. The average Bonchev–Trinajstić information content (AvgIpc) is 3.34. The second-order valence-corrected chi connectivity index (χ2v) is 7.41. The Hall–Kier alpha value is -4.26. The predicted octanol–water partition coefficient (Wildman–Crippen LogP) is 5.07. The smallest absolute Gasteiger partial charge is 0.300 e. The molecule has 5 nitrogen and oxygen atoms in total. The van der Waals surface area contributed by atoms with Crippen molar-refractivity contribution in [2.75, 3.05) is 4.90 Å². The number of aromatic amines is 1. The molecular formula is C25H16F2N2O3. The maximum absolute atomic E-state index is 14.9. The van der Waals surface area contributed by atoms with Gasteiger partial charge in [-0.2, -0.15) is 0 Å². The highest BCUT2D eigenvalue weighted by atomic mass is 19.1. The van der Waals surface area contributed by atoms with Crippen molar-refractivity contribution in [1.29, 1.82) is 0 Å². The first-order chi connectivity index (χ1) is 15.5. The van der Waals surface area contributed by atoms with Crippen LogP contribution in [0.15, 0.2) is 84.6 Å². The molecule has 7 heteroatoms. The summed E-state index contributed by atoms with van der Waals surface area (Å²) in [5, 5.41) is 11.8. The monoisotopic (exact) mass is 430 g/mol. The Morgan fingerprint density at radius 3 is 2.34 bits per heavy atom. The van der Waals surface area contributed by atoms with Gasteiger partial charge in [0.05, 0.1) is 11.6 Å². The number of hydrogen-bond acceptors (Lipinski definition) is 3. The zero-order valence-electron chi connectivity index (χ0n) is 16.5. The van der Waals surface area contributed by atoms with Gasteiger partial charge in [-0.25, -0.2) is 8.78 Å². The minimum atomic E-state index is -1.23. The summed E-state index contributed by atoms with van der Waals surface area (Å²) < 4.78 is 28.3. The molecule has 4 aromatic rings. The average molecular weight is 430 g/mol. The van der Waals surface area contributed by atoms with Gasteiger partial charge in [-0.15, -0.1) is 0 Å². The first kappa shape index (κ1) is 19.7. The van der Waals surface area contributed by atoms with E-state index in [1.165, 1.54) is 36.5 Å². The molecule has 3 aromatic carbocycles. The number of nitrogens with zero attached hydrogens (tertiary/aromatic N) is 1. The molecule has 1 saturated heterocycles. The van der Waals surface area contributed by atoms with E-state index < -0.39 is 35.1 Å². The number of aromatic nitrogens is 1. The molecule has 1 aliphatic heterocycles. The van der Waals surface area contributed by atoms with Crippen LogP contribution in [0, 0.1) is 11.6 Å². The number of carbonyl (C=O) groups excluding carboxylic acids is 2. The molecule has 158 valence electrons. The number of aliphatic hydroxyl groups excluding tert-OH is 1. The van der Waals surface area contributed by atoms with Gasteiger partial charge in [-0.3, -0.25) is 14.5 Å². The van der Waals surface area contributed by atoms with Crippen LogP contribution in [0.25, 0.3) is 16.7 Å². The zero-order valence-corrected chi connectivity index (χ0v) is 16.5. The van der Waals surface area contributed by atoms with E-state index in [2.05, 4.69) is 4.98 Å². The Bertz CT molecular complexity index is 1410. The quantitative estimate of drug-likeness (QED) is 0.271. The number of aliphatic hydroxyl groups is 1. The number of nitrogens with one attached hydrogen (secondary N) is 1. The summed E-state index contributed by atoms with van der Waals surface area (Å²) in [6, 6.07) is 16.6. The summed E-state index contributed by atoms with van der Waals surface area (Å²) in [7, 11) is 0. The van der Waals surface area contributed by atoms with Gasteiger partial charge in [0, 0.05) is 33.9 Å². The molecule has 1 fully saturated rings. The zero-order chi connectivity index (χ0) is 22.4. The fraction of sp³-hybridized carbons (Fsp3) is 0.0400. The number of ketones is 1. The number of halogens is 2. The minimum absolute atomic E-state index is 0.0393. The highest BCUT2D eigenvalue weighted by molar-refractivity contribution is 6.51. The summed E-state index contributed by atoms with van der Waals surface area (Å²) in [4.78, 5) is 30.2. The van der Waals surface area contributed by atoms with E-state index in [0.29, 0.717) is 10.9 Å². The topological polar surface area (TPSA) is 73.4 Å². The first-order valence-corrected chi connectivity index (χ1v) is 9.85. The molecule has 1 aromatic heterocycles. The number of Topliss-reactive ketones (excluding diaryl/α,β-unsaturated/α-hetero) is 1. The van der Waals surface area contributed by atoms with Crippen molar-refractivity contribution < 1.29 is 23.5 Å². The Labute approximate surface area is 181 Å². The van der Waals surface area contributed by atoms with Crippen LogP contribution in [0.3, 0.4) is 0 Å². The number of benzene rings is 3. The number of para-hydroxylation sites is 1. The highest BCUT2D eigenvalue weighted by Gasteiger charge is 2.48. The molecule has 0 bridgehead atoms. The fourth-order valence-electron chi connectivity index (χ4n) is 4.10. The SMILES string of the molecule is O=C1C(=O)N(c2ccc(F)cc2)C(c2ccccc2F)/C1=C(\O)c1c[nH]c2ccccc12. The molecule has 0 radical (unpaired) electrons. The van der Waals surface area contributed by atoms with Crippen LogP contribution in [0.5, 0.6) is 0 Å². The van der Waals surface area contributed by atoms with Gasteiger partial charge in [0.15, 0.2) is 0 Å². The first-order valence-electron chi connectivity index (χ1n) is 9.85. The van der Waals surface area contributed by atoms with Crippen LogP contribution in [0.2, 0.25) is 0 Å². The largest absolute Gasteiger partial charge is 0.507 e. The van der Waals surface area contributed by atoms with E-state index in [1.54, 1.807) is 24.3 Å². The van der Waals surface area contributed by atoms with Gasteiger partial charge >= 0.3 is 0 Å². The maximum Gasteiger partial charge on any atom is 0.300 e. The second-order valence-electron chi connectivity index (χ2n) is 7.41. The van der Waals surface area contributed by atoms with Gasteiger partial charge in [0.25, 0.3) is 11.7 Å². The van der Waals surface area contributed by atoms with E-state index in [-0.39, 0.29) is 16.8 Å². The number of hydrogen-bond donors (Lipinski definition) is 2. The van der Waals surface area contributed by atoms with E-state index in [0.717, 1.165) is 22.5 Å². The van der Waals surface area contributed by atoms with Crippen molar-refractivity contribution in [2.45, 2.75) is 6.04 Å². The van der Waals surface area contributed by atoms with E-state index >= 15 is 0 Å². The van der Waals surface area contributed by atoms with Crippen molar-refractivity contribution in [3.05, 3.63) is 107 Å². The van der Waals surface area contributed by atoms with Crippen LogP contribution in [-0.2, 0) is 9.59 Å². The van der Waals surface area contributed by atoms with Crippen molar-refractivity contribution in [3.63, 3.8) is 0 Å². The third-order valence-electron chi connectivity index (χ3n) is 5.59. The Morgan fingerprint density at radius 2 is 1.59 bits per heavy atom. The number of H-pyrrole nitrogens is 1. The summed E-state index contributed by atoms with van der Waals surface area (Å²) in [5.74, 6) is -3.47. The third kappa shape index (κ3) is 2.98. The molecule has 2 N–H and O–H groups in total. The molecular weight excluding hydrogens is 414 g/mol. The summed E-state index contributed by atoms with van der Waals surface area (Å²) in [6.07, 6.45) is 1.53. The number of rotatable bonds is 3. The Kier molecular flexibility index (Phi) is 4.59. The fourth-order valence-corrected chi connectivity index (χ4v) is 4.10.